The van der Waals surface area contributed by atoms with Gasteiger partial charge in [0.2, 0.25) is 5.91 Å². The third kappa shape index (κ3) is 5.65. The smallest absolute Gasteiger partial charge is 0.266 e. The van der Waals surface area contributed by atoms with Crippen LogP contribution in [0.2, 0.25) is 5.02 Å². The van der Waals surface area contributed by atoms with Crippen LogP contribution >= 0.6 is 11.6 Å². The lowest BCUT2D eigenvalue weighted by Crippen LogP contribution is -2.31. The van der Waals surface area contributed by atoms with Gasteiger partial charge in [-0.3, -0.25) is 13.9 Å². The quantitative estimate of drug-likeness (QED) is 0.416. The van der Waals surface area contributed by atoms with Gasteiger partial charge in [-0.15, -0.1) is 6.58 Å². The van der Waals surface area contributed by atoms with Gasteiger partial charge in [-0.1, -0.05) is 41.9 Å². The fourth-order valence-electron chi connectivity index (χ4n) is 3.25. The fraction of sp³-hybridized carbons (Fsp3) is 0.120. The summed E-state index contributed by atoms with van der Waals surface area (Å²) < 4.78 is 28.2. The highest BCUT2D eigenvalue weighted by molar-refractivity contribution is 7.93. The molecule has 0 unspecified atom stereocenters. The van der Waals surface area contributed by atoms with Crippen molar-refractivity contribution >= 4 is 50.5 Å². The molecule has 2 N–H and O–H groups in total. The average molecular weight is 498 g/mol. The number of carbonyl (C=O) groups is 2. The summed E-state index contributed by atoms with van der Waals surface area (Å²) in [6.07, 6.45) is 1.47. The van der Waals surface area contributed by atoms with Crippen LogP contribution in [0.3, 0.4) is 0 Å². The number of sulfonamides is 1. The zero-order valence-electron chi connectivity index (χ0n) is 18.7. The maximum absolute atomic E-state index is 13.5. The van der Waals surface area contributed by atoms with Gasteiger partial charge >= 0.3 is 0 Å². The Balaban J connectivity index is 1.96. The van der Waals surface area contributed by atoms with E-state index in [0.29, 0.717) is 17.1 Å². The topological polar surface area (TPSA) is 95.6 Å². The van der Waals surface area contributed by atoms with E-state index in [1.54, 1.807) is 55.5 Å². The largest absolute Gasteiger partial charge is 0.326 e. The number of nitrogens with zero attached hydrogens (tertiary/aromatic N) is 1. The molecule has 0 fully saturated rings. The number of amides is 2. The number of nitrogens with one attached hydrogen (secondary N) is 2. The van der Waals surface area contributed by atoms with E-state index in [1.807, 2.05) is 0 Å². The maximum Gasteiger partial charge on any atom is 0.266 e. The molecule has 9 heteroatoms. The zero-order valence-corrected chi connectivity index (χ0v) is 20.3. The van der Waals surface area contributed by atoms with Crippen LogP contribution in [-0.4, -0.2) is 26.8 Å². The molecule has 0 aliphatic rings. The predicted molar refractivity (Wildman–Crippen MR) is 136 cm³/mol. The van der Waals surface area contributed by atoms with Crippen LogP contribution in [0.15, 0.2) is 84.3 Å². The number of benzene rings is 3. The monoisotopic (exact) mass is 497 g/mol. The van der Waals surface area contributed by atoms with E-state index in [0.717, 1.165) is 5.56 Å². The van der Waals surface area contributed by atoms with Crippen LogP contribution < -0.4 is 14.9 Å². The van der Waals surface area contributed by atoms with Crippen LogP contribution in [0.25, 0.3) is 0 Å². The van der Waals surface area contributed by atoms with Gasteiger partial charge in [0.25, 0.3) is 15.9 Å². The van der Waals surface area contributed by atoms with Gasteiger partial charge in [0.05, 0.1) is 17.3 Å². The van der Waals surface area contributed by atoms with Gasteiger partial charge in [-0.25, -0.2) is 8.42 Å². The first-order valence-corrected chi connectivity index (χ1v) is 12.1. The molecule has 0 radical (unpaired) electrons. The number of para-hydroxylation sites is 1. The van der Waals surface area contributed by atoms with Crippen LogP contribution in [-0.2, 0) is 14.8 Å². The van der Waals surface area contributed by atoms with Crippen LogP contribution in [0.1, 0.15) is 22.8 Å². The second-order valence-electron chi connectivity index (χ2n) is 7.47. The van der Waals surface area contributed by atoms with Crippen molar-refractivity contribution in [3.8, 4) is 0 Å². The molecule has 3 aromatic rings. The Morgan fingerprint density at radius 1 is 1.03 bits per heavy atom. The average Bonchev–Trinajstić information content (AvgIpc) is 2.80. The molecule has 0 saturated heterocycles. The van der Waals surface area contributed by atoms with Crippen molar-refractivity contribution in [2.75, 3.05) is 21.5 Å². The number of hydrogen-bond donors (Lipinski definition) is 2. The van der Waals surface area contributed by atoms with Crippen molar-refractivity contribution in [3.05, 3.63) is 95.5 Å². The summed E-state index contributed by atoms with van der Waals surface area (Å²) >= 11 is 6.27. The van der Waals surface area contributed by atoms with Gasteiger partial charge in [0.1, 0.15) is 4.90 Å². The van der Waals surface area contributed by atoms with Gasteiger partial charge in [-0.05, 0) is 55.0 Å². The molecule has 0 atom stereocenters. The highest BCUT2D eigenvalue weighted by atomic mass is 35.5. The first-order valence-electron chi connectivity index (χ1n) is 10.3. The van der Waals surface area contributed by atoms with Crippen molar-refractivity contribution in [1.29, 1.82) is 0 Å². The van der Waals surface area contributed by atoms with E-state index in [2.05, 4.69) is 17.2 Å². The number of rotatable bonds is 8. The predicted octanol–water partition coefficient (Wildman–Crippen LogP) is 5.24. The van der Waals surface area contributed by atoms with Gasteiger partial charge in [0, 0.05) is 23.9 Å². The van der Waals surface area contributed by atoms with Crippen LogP contribution in [0, 0.1) is 6.92 Å². The van der Waals surface area contributed by atoms with Crippen molar-refractivity contribution in [2.45, 2.75) is 18.7 Å². The van der Waals surface area contributed by atoms with E-state index in [9.17, 15) is 18.0 Å². The van der Waals surface area contributed by atoms with Gasteiger partial charge < -0.3 is 10.6 Å². The number of anilines is 3. The Morgan fingerprint density at radius 3 is 2.38 bits per heavy atom. The lowest BCUT2D eigenvalue weighted by molar-refractivity contribution is -0.114. The van der Waals surface area contributed by atoms with E-state index in [4.69, 9.17) is 11.6 Å². The molecule has 0 aliphatic heterocycles. The Labute approximate surface area is 204 Å². The molecule has 3 aromatic carbocycles. The molecule has 0 bridgehead atoms. The van der Waals surface area contributed by atoms with Crippen LogP contribution in [0.5, 0.6) is 0 Å². The molecule has 0 aromatic heterocycles. The fourth-order valence-corrected chi connectivity index (χ4v) is 5.19. The van der Waals surface area contributed by atoms with E-state index < -0.39 is 15.9 Å². The minimum atomic E-state index is -4.10. The summed E-state index contributed by atoms with van der Waals surface area (Å²) in [5.41, 5.74) is 2.33. The van der Waals surface area contributed by atoms with Crippen molar-refractivity contribution < 1.29 is 18.0 Å². The van der Waals surface area contributed by atoms with Gasteiger partial charge in [-0.2, -0.15) is 0 Å². The van der Waals surface area contributed by atoms with Crippen molar-refractivity contribution in [2.24, 2.45) is 0 Å². The first-order chi connectivity index (χ1) is 16.1. The maximum atomic E-state index is 13.5. The Bertz CT molecular complexity index is 1340. The normalized spacial score (nSPS) is 10.9. The summed E-state index contributed by atoms with van der Waals surface area (Å²) in [5.74, 6) is -0.762. The third-order valence-corrected chi connectivity index (χ3v) is 7.18. The standard InChI is InChI=1S/C25H24ClN3O4S/c1-4-14-29(21-8-6-5-7-9-21)34(32,33)24-15-19(11-13-22(24)26)25(31)28-23-16-20(27-18(3)30)12-10-17(23)2/h4-13,15-16H,1,14H2,2-3H3,(H,27,30)(H,28,31). The molecule has 7 nitrogen and oxygen atoms in total. The summed E-state index contributed by atoms with van der Waals surface area (Å²) in [4.78, 5) is 24.1. The van der Waals surface area contributed by atoms with Crippen molar-refractivity contribution in [1.82, 2.24) is 0 Å². The number of halogens is 1. The third-order valence-electron chi connectivity index (χ3n) is 4.91. The first kappa shape index (κ1) is 25.0. The van der Waals surface area contributed by atoms with E-state index in [1.165, 1.54) is 35.5 Å². The molecule has 3 rings (SSSR count). The second-order valence-corrected chi connectivity index (χ2v) is 9.71. The van der Waals surface area contributed by atoms with E-state index in [-0.39, 0.29) is 27.9 Å². The molecule has 0 saturated carbocycles. The SMILES string of the molecule is C=CCN(c1ccccc1)S(=O)(=O)c1cc(C(=O)Nc2cc(NC(C)=O)ccc2C)ccc1Cl. The van der Waals surface area contributed by atoms with E-state index >= 15 is 0 Å². The summed E-state index contributed by atoms with van der Waals surface area (Å²) in [5, 5.41) is 5.42. The molecule has 176 valence electrons. The Morgan fingerprint density at radius 2 is 1.74 bits per heavy atom. The zero-order chi connectivity index (χ0) is 24.9. The summed E-state index contributed by atoms with van der Waals surface area (Å²) in [7, 11) is -4.10. The molecule has 0 aliphatic carbocycles. The van der Waals surface area contributed by atoms with Gasteiger partial charge in [0.15, 0.2) is 0 Å². The highest BCUT2D eigenvalue weighted by Gasteiger charge is 2.27. The minimum Gasteiger partial charge on any atom is -0.326 e. The molecule has 34 heavy (non-hydrogen) atoms. The minimum absolute atomic E-state index is 0.00891. The highest BCUT2D eigenvalue weighted by Crippen LogP contribution is 2.30. The second kappa shape index (κ2) is 10.5. The number of hydrogen-bond acceptors (Lipinski definition) is 4. The number of carbonyl (C=O) groups excluding carboxylic acids is 2. The molecule has 0 heterocycles. The van der Waals surface area contributed by atoms with Crippen molar-refractivity contribution in [3.63, 3.8) is 0 Å². The Hall–Kier alpha value is -3.62. The Kier molecular flexibility index (Phi) is 7.75. The number of aryl methyl sites for hydroxylation is 1. The lowest BCUT2D eigenvalue weighted by Gasteiger charge is -2.24. The molecular formula is C25H24ClN3O4S. The van der Waals surface area contributed by atoms with Crippen LogP contribution in [0.4, 0.5) is 17.1 Å². The lowest BCUT2D eigenvalue weighted by atomic mass is 10.1. The molecule has 2 amide bonds. The molecular weight excluding hydrogens is 474 g/mol. The molecule has 0 spiro atoms. The summed E-state index contributed by atoms with van der Waals surface area (Å²) in [6, 6.07) is 17.7. The summed E-state index contributed by atoms with van der Waals surface area (Å²) in [6.45, 7) is 6.87.